The third kappa shape index (κ3) is 2.90. The molecule has 0 unspecified atom stereocenters. The Balaban J connectivity index is 2.76. The summed E-state index contributed by atoms with van der Waals surface area (Å²) in [5, 5.41) is 0. The fraction of sp³-hybridized carbons (Fsp3) is 0.182. The average Bonchev–Trinajstić information content (AvgIpc) is 2.20. The van der Waals surface area contributed by atoms with Gasteiger partial charge in [0.15, 0.2) is 0 Å². The Morgan fingerprint density at radius 3 is 2.93 bits per heavy atom. The number of rotatable bonds is 3. The molecule has 2 nitrogen and oxygen atoms in total. The van der Waals surface area contributed by atoms with Crippen molar-refractivity contribution in [3.63, 3.8) is 0 Å². The number of benzene rings is 1. The van der Waals surface area contributed by atoms with Gasteiger partial charge in [0.25, 0.3) is 0 Å². The normalized spacial score (nSPS) is 8.71. The molecule has 1 rings (SSSR count). The van der Waals surface area contributed by atoms with Crippen molar-refractivity contribution >= 4 is 22.2 Å². The largest absolute Gasteiger partial charge is 0.480 e. The zero-order valence-corrected chi connectivity index (χ0v) is 9.30. The Hall–Kier alpha value is -1.27. The van der Waals surface area contributed by atoms with Gasteiger partial charge in [0.2, 0.25) is 0 Å². The van der Waals surface area contributed by atoms with E-state index in [1.165, 1.54) is 0 Å². The maximum Gasteiger partial charge on any atom is 0.150 e. The van der Waals surface area contributed by atoms with E-state index in [2.05, 4.69) is 27.8 Å². The van der Waals surface area contributed by atoms with Crippen LogP contribution in [0.3, 0.4) is 0 Å². The lowest BCUT2D eigenvalue weighted by atomic mass is 10.2. The molecule has 0 saturated heterocycles. The average molecular weight is 253 g/mol. The molecular formula is C11H9BrO2. The third-order valence-corrected chi connectivity index (χ3v) is 2.19. The Morgan fingerprint density at radius 2 is 2.36 bits per heavy atom. The molecule has 0 aliphatic rings. The molecule has 0 aromatic heterocycles. The van der Waals surface area contributed by atoms with E-state index in [9.17, 15) is 4.79 Å². The number of halogens is 1. The molecule has 0 amide bonds. The Labute approximate surface area is 91.4 Å². The standard InChI is InChI=1S/C11H9BrO2/c1-2-3-6-14-11-5-4-9(8-13)7-10(11)12/h4-5,7-8H,6H2,1H3. The minimum atomic E-state index is 0.357. The minimum absolute atomic E-state index is 0.357. The highest BCUT2D eigenvalue weighted by molar-refractivity contribution is 9.10. The van der Waals surface area contributed by atoms with Gasteiger partial charge in [0.1, 0.15) is 18.6 Å². The van der Waals surface area contributed by atoms with Crippen LogP contribution in [0.4, 0.5) is 0 Å². The lowest BCUT2D eigenvalue weighted by Crippen LogP contribution is -1.95. The van der Waals surface area contributed by atoms with Gasteiger partial charge in [0, 0.05) is 5.56 Å². The van der Waals surface area contributed by atoms with Gasteiger partial charge < -0.3 is 4.74 Å². The smallest absolute Gasteiger partial charge is 0.150 e. The number of hydrogen-bond acceptors (Lipinski definition) is 2. The summed E-state index contributed by atoms with van der Waals surface area (Å²) in [4.78, 5) is 10.4. The Bertz CT molecular complexity index is 388. The van der Waals surface area contributed by atoms with Crippen molar-refractivity contribution in [1.29, 1.82) is 0 Å². The molecule has 0 fully saturated rings. The summed E-state index contributed by atoms with van der Waals surface area (Å²) in [6, 6.07) is 5.15. The maximum atomic E-state index is 10.4. The van der Waals surface area contributed by atoms with Gasteiger partial charge >= 0.3 is 0 Å². The summed E-state index contributed by atoms with van der Waals surface area (Å²) in [6.07, 6.45) is 0.792. The molecule has 72 valence electrons. The molecule has 1 aromatic carbocycles. The first kappa shape index (κ1) is 10.8. The van der Waals surface area contributed by atoms with E-state index in [1.807, 2.05) is 0 Å². The second kappa shape index (κ2) is 5.46. The van der Waals surface area contributed by atoms with Gasteiger partial charge in [-0.05, 0) is 41.1 Å². The molecule has 0 atom stereocenters. The van der Waals surface area contributed by atoms with E-state index in [0.29, 0.717) is 17.9 Å². The number of carbonyl (C=O) groups is 1. The first-order valence-electron chi connectivity index (χ1n) is 4.05. The van der Waals surface area contributed by atoms with Crippen LogP contribution in [0.2, 0.25) is 0 Å². The fourth-order valence-electron chi connectivity index (χ4n) is 0.893. The van der Waals surface area contributed by atoms with E-state index in [1.54, 1.807) is 25.1 Å². The number of aldehydes is 1. The number of carbonyl (C=O) groups excluding carboxylic acids is 1. The van der Waals surface area contributed by atoms with Crippen molar-refractivity contribution in [3.05, 3.63) is 28.2 Å². The molecule has 0 aliphatic heterocycles. The van der Waals surface area contributed by atoms with Crippen LogP contribution in [0.25, 0.3) is 0 Å². The van der Waals surface area contributed by atoms with Gasteiger partial charge in [-0.2, -0.15) is 0 Å². The first-order chi connectivity index (χ1) is 6.77. The molecule has 0 radical (unpaired) electrons. The van der Waals surface area contributed by atoms with Gasteiger partial charge in [0.05, 0.1) is 4.47 Å². The van der Waals surface area contributed by atoms with Crippen molar-refractivity contribution in [3.8, 4) is 17.6 Å². The summed E-state index contributed by atoms with van der Waals surface area (Å²) in [5.41, 5.74) is 0.616. The van der Waals surface area contributed by atoms with Crippen molar-refractivity contribution in [2.45, 2.75) is 6.92 Å². The lowest BCUT2D eigenvalue weighted by Gasteiger charge is -2.04. The maximum absolute atomic E-state index is 10.4. The highest BCUT2D eigenvalue weighted by Crippen LogP contribution is 2.25. The van der Waals surface area contributed by atoms with Crippen molar-refractivity contribution in [2.75, 3.05) is 6.61 Å². The molecule has 0 heterocycles. The second-order valence-corrected chi connectivity index (χ2v) is 3.38. The second-order valence-electron chi connectivity index (χ2n) is 2.52. The zero-order valence-electron chi connectivity index (χ0n) is 7.71. The summed E-state index contributed by atoms with van der Waals surface area (Å²) in [6.45, 7) is 2.11. The van der Waals surface area contributed by atoms with Crippen LogP contribution in [0.1, 0.15) is 17.3 Å². The van der Waals surface area contributed by atoms with Crippen LogP contribution in [-0.2, 0) is 0 Å². The monoisotopic (exact) mass is 252 g/mol. The fourth-order valence-corrected chi connectivity index (χ4v) is 1.40. The van der Waals surface area contributed by atoms with E-state index in [0.717, 1.165) is 10.8 Å². The van der Waals surface area contributed by atoms with Crippen LogP contribution in [-0.4, -0.2) is 12.9 Å². The van der Waals surface area contributed by atoms with E-state index in [-0.39, 0.29) is 0 Å². The predicted octanol–water partition coefficient (Wildman–Crippen LogP) is 2.66. The van der Waals surface area contributed by atoms with Crippen LogP contribution in [0.15, 0.2) is 22.7 Å². The zero-order chi connectivity index (χ0) is 10.4. The quantitative estimate of drug-likeness (QED) is 0.611. The molecule has 0 N–H and O–H groups in total. The van der Waals surface area contributed by atoms with E-state index in [4.69, 9.17) is 4.74 Å². The molecular weight excluding hydrogens is 244 g/mol. The van der Waals surface area contributed by atoms with Gasteiger partial charge in [-0.25, -0.2) is 0 Å². The van der Waals surface area contributed by atoms with Crippen molar-refractivity contribution in [2.24, 2.45) is 0 Å². The Kier molecular flexibility index (Phi) is 4.21. The van der Waals surface area contributed by atoms with Crippen LogP contribution < -0.4 is 4.74 Å². The summed E-state index contributed by atoms with van der Waals surface area (Å²) in [7, 11) is 0. The lowest BCUT2D eigenvalue weighted by molar-refractivity contribution is 0.112. The summed E-state index contributed by atoms with van der Waals surface area (Å²) < 4.78 is 6.10. The molecule has 0 spiro atoms. The minimum Gasteiger partial charge on any atom is -0.480 e. The highest BCUT2D eigenvalue weighted by Gasteiger charge is 2.00. The molecule has 0 bridgehead atoms. The third-order valence-electron chi connectivity index (χ3n) is 1.57. The molecule has 1 aromatic rings. The van der Waals surface area contributed by atoms with Gasteiger partial charge in [-0.15, -0.1) is 5.92 Å². The molecule has 0 aliphatic carbocycles. The topological polar surface area (TPSA) is 26.3 Å². The molecule has 14 heavy (non-hydrogen) atoms. The summed E-state index contributed by atoms with van der Waals surface area (Å²) in [5.74, 6) is 6.22. The number of ether oxygens (including phenoxy) is 1. The van der Waals surface area contributed by atoms with E-state index < -0.39 is 0 Å². The van der Waals surface area contributed by atoms with E-state index >= 15 is 0 Å². The highest BCUT2D eigenvalue weighted by atomic mass is 79.9. The van der Waals surface area contributed by atoms with Crippen molar-refractivity contribution < 1.29 is 9.53 Å². The predicted molar refractivity (Wildman–Crippen MR) is 58.5 cm³/mol. The van der Waals surface area contributed by atoms with Gasteiger partial charge in [-0.1, -0.05) is 5.92 Å². The van der Waals surface area contributed by atoms with Gasteiger partial charge in [-0.3, -0.25) is 4.79 Å². The van der Waals surface area contributed by atoms with Crippen LogP contribution in [0, 0.1) is 11.8 Å². The Morgan fingerprint density at radius 1 is 1.57 bits per heavy atom. The number of hydrogen-bond donors (Lipinski definition) is 0. The van der Waals surface area contributed by atoms with Crippen LogP contribution >= 0.6 is 15.9 Å². The first-order valence-corrected chi connectivity index (χ1v) is 4.84. The molecule has 0 saturated carbocycles. The van der Waals surface area contributed by atoms with Crippen molar-refractivity contribution in [1.82, 2.24) is 0 Å². The van der Waals surface area contributed by atoms with Crippen LogP contribution in [0.5, 0.6) is 5.75 Å². The SMILES string of the molecule is CC#CCOc1ccc(C=O)cc1Br. The molecule has 3 heteroatoms. The summed E-state index contributed by atoms with van der Waals surface area (Å²) >= 11 is 3.31.